The first-order valence-corrected chi connectivity index (χ1v) is 10.3. The van der Waals surface area contributed by atoms with Crippen LogP contribution >= 0.6 is 15.9 Å². The molecule has 0 saturated carbocycles. The van der Waals surface area contributed by atoms with Crippen LogP contribution in [0.5, 0.6) is 11.5 Å². The van der Waals surface area contributed by atoms with Gasteiger partial charge in [-0.3, -0.25) is 4.40 Å². The average Bonchev–Trinajstić information content (AvgIpc) is 3.16. The lowest BCUT2D eigenvalue weighted by atomic mass is 9.82. The van der Waals surface area contributed by atoms with Crippen molar-refractivity contribution in [1.82, 2.24) is 9.38 Å². The zero-order chi connectivity index (χ0) is 20.1. The summed E-state index contributed by atoms with van der Waals surface area (Å²) in [5, 5.41) is 3.77. The van der Waals surface area contributed by atoms with Gasteiger partial charge in [-0.15, -0.1) is 0 Å². The van der Waals surface area contributed by atoms with E-state index in [9.17, 15) is 0 Å². The Balaban J connectivity index is 1.83. The van der Waals surface area contributed by atoms with E-state index in [0.717, 1.165) is 45.1 Å². The van der Waals surface area contributed by atoms with Crippen molar-refractivity contribution in [2.75, 3.05) is 12.1 Å². The lowest BCUT2D eigenvalue weighted by molar-refractivity contribution is 0.174. The molecular formula is C22H26BrN3O2. The Kier molecular flexibility index (Phi) is 4.57. The highest BCUT2D eigenvalue weighted by molar-refractivity contribution is 9.10. The van der Waals surface area contributed by atoms with Crippen LogP contribution in [0.4, 0.5) is 5.82 Å². The van der Waals surface area contributed by atoms with Gasteiger partial charge in [-0.25, -0.2) is 4.98 Å². The molecule has 0 saturated heterocycles. The van der Waals surface area contributed by atoms with Crippen molar-refractivity contribution < 1.29 is 9.47 Å². The minimum Gasteiger partial charge on any atom is -0.454 e. The highest BCUT2D eigenvalue weighted by Gasteiger charge is 2.28. The van der Waals surface area contributed by atoms with E-state index in [-0.39, 0.29) is 17.7 Å². The molecule has 0 unspecified atom stereocenters. The molecule has 0 fully saturated rings. The Bertz CT molecular complexity index is 1030. The number of imidazole rings is 1. The number of hydrogen-bond acceptors (Lipinski definition) is 4. The van der Waals surface area contributed by atoms with Gasteiger partial charge in [-0.05, 0) is 71.9 Å². The number of fused-ring (bicyclic) bond motifs is 2. The topological polar surface area (TPSA) is 47.8 Å². The molecule has 2 aromatic heterocycles. The fourth-order valence-corrected chi connectivity index (χ4v) is 4.41. The second kappa shape index (κ2) is 6.69. The van der Waals surface area contributed by atoms with Crippen LogP contribution in [0.25, 0.3) is 16.9 Å². The minimum absolute atomic E-state index is 0.110. The normalized spacial score (nSPS) is 13.9. The molecule has 0 amide bonds. The molecule has 1 aliphatic heterocycles. The second-order valence-electron chi connectivity index (χ2n) is 9.20. The Morgan fingerprint density at radius 1 is 1.07 bits per heavy atom. The summed E-state index contributed by atoms with van der Waals surface area (Å²) in [6.07, 6.45) is 3.07. The Hall–Kier alpha value is -2.21. The van der Waals surface area contributed by atoms with Gasteiger partial charge in [0.1, 0.15) is 17.2 Å². The summed E-state index contributed by atoms with van der Waals surface area (Å²) in [5.41, 5.74) is 2.89. The monoisotopic (exact) mass is 443 g/mol. The molecule has 6 heteroatoms. The molecule has 4 rings (SSSR count). The van der Waals surface area contributed by atoms with E-state index in [1.54, 1.807) is 0 Å². The first-order valence-electron chi connectivity index (χ1n) is 9.47. The number of halogens is 1. The predicted octanol–water partition coefficient (Wildman–Crippen LogP) is 6.12. The summed E-state index contributed by atoms with van der Waals surface area (Å²) in [4.78, 5) is 4.91. The zero-order valence-corrected chi connectivity index (χ0v) is 18.6. The van der Waals surface area contributed by atoms with Crippen LogP contribution in [0.15, 0.2) is 41.0 Å². The van der Waals surface area contributed by atoms with E-state index >= 15 is 0 Å². The molecule has 3 aromatic rings. The van der Waals surface area contributed by atoms with Crippen molar-refractivity contribution in [3.8, 4) is 22.8 Å². The Morgan fingerprint density at radius 2 is 1.82 bits per heavy atom. The Labute approximate surface area is 174 Å². The van der Waals surface area contributed by atoms with Gasteiger partial charge in [-0.1, -0.05) is 20.8 Å². The number of nitrogens with zero attached hydrogens (tertiary/aromatic N) is 2. The second-order valence-corrected chi connectivity index (χ2v) is 10.1. The van der Waals surface area contributed by atoms with Crippen LogP contribution < -0.4 is 14.8 Å². The first kappa shape index (κ1) is 19.1. The van der Waals surface area contributed by atoms with Crippen LogP contribution in [-0.4, -0.2) is 21.7 Å². The van der Waals surface area contributed by atoms with Crippen molar-refractivity contribution in [3.05, 3.63) is 41.0 Å². The molecule has 0 atom stereocenters. The third kappa shape index (κ3) is 3.83. The smallest absolute Gasteiger partial charge is 0.231 e. The maximum atomic E-state index is 5.58. The lowest BCUT2D eigenvalue weighted by Crippen LogP contribution is -2.36. The predicted molar refractivity (Wildman–Crippen MR) is 116 cm³/mol. The molecule has 1 aliphatic rings. The van der Waals surface area contributed by atoms with E-state index in [4.69, 9.17) is 14.5 Å². The van der Waals surface area contributed by atoms with Crippen molar-refractivity contribution >= 4 is 27.4 Å². The SMILES string of the molecule is CC(C)(C)CC(C)(C)Nc1c(-c2ccc3c(c2)OCO3)nc2ccc(Br)cn12. The maximum Gasteiger partial charge on any atom is 0.231 e. The van der Waals surface area contributed by atoms with Crippen LogP contribution in [0.3, 0.4) is 0 Å². The van der Waals surface area contributed by atoms with Crippen molar-refractivity contribution in [2.24, 2.45) is 5.41 Å². The van der Waals surface area contributed by atoms with Gasteiger partial charge in [0.25, 0.3) is 0 Å². The molecule has 1 aromatic carbocycles. The largest absolute Gasteiger partial charge is 0.454 e. The van der Waals surface area contributed by atoms with Gasteiger partial charge in [0.15, 0.2) is 11.5 Å². The molecule has 1 N–H and O–H groups in total. The molecule has 28 heavy (non-hydrogen) atoms. The summed E-state index contributed by atoms with van der Waals surface area (Å²) < 4.78 is 14.1. The maximum absolute atomic E-state index is 5.58. The van der Waals surface area contributed by atoms with Crippen LogP contribution in [-0.2, 0) is 0 Å². The Morgan fingerprint density at radius 3 is 2.57 bits per heavy atom. The zero-order valence-electron chi connectivity index (χ0n) is 17.0. The van der Waals surface area contributed by atoms with Gasteiger partial charge >= 0.3 is 0 Å². The molecule has 3 heterocycles. The first-order chi connectivity index (χ1) is 13.1. The van der Waals surface area contributed by atoms with Gasteiger partial charge < -0.3 is 14.8 Å². The molecule has 0 spiro atoms. The molecule has 0 radical (unpaired) electrons. The van der Waals surface area contributed by atoms with Gasteiger partial charge in [-0.2, -0.15) is 0 Å². The number of anilines is 1. The summed E-state index contributed by atoms with van der Waals surface area (Å²) in [7, 11) is 0. The third-order valence-corrected chi connectivity index (χ3v) is 5.13. The third-order valence-electron chi connectivity index (χ3n) is 4.66. The molecule has 0 aliphatic carbocycles. The van der Waals surface area contributed by atoms with Gasteiger partial charge in [0.2, 0.25) is 6.79 Å². The lowest BCUT2D eigenvalue weighted by Gasteiger charge is -2.34. The number of pyridine rings is 1. The summed E-state index contributed by atoms with van der Waals surface area (Å²) in [6.45, 7) is 11.5. The average molecular weight is 444 g/mol. The number of ether oxygens (including phenoxy) is 2. The fourth-order valence-electron chi connectivity index (χ4n) is 4.07. The van der Waals surface area contributed by atoms with Crippen molar-refractivity contribution in [2.45, 2.75) is 46.6 Å². The molecule has 0 bridgehead atoms. The number of rotatable bonds is 4. The minimum atomic E-state index is -0.110. The fraction of sp³-hybridized carbons (Fsp3) is 0.409. The molecule has 5 nitrogen and oxygen atoms in total. The van der Waals surface area contributed by atoms with Crippen LogP contribution in [0, 0.1) is 5.41 Å². The van der Waals surface area contributed by atoms with Gasteiger partial charge in [0, 0.05) is 21.8 Å². The summed E-state index contributed by atoms with van der Waals surface area (Å²) >= 11 is 3.59. The van der Waals surface area contributed by atoms with Crippen molar-refractivity contribution in [3.63, 3.8) is 0 Å². The van der Waals surface area contributed by atoms with E-state index < -0.39 is 0 Å². The number of benzene rings is 1. The highest BCUT2D eigenvalue weighted by atomic mass is 79.9. The number of hydrogen-bond donors (Lipinski definition) is 1. The van der Waals surface area contributed by atoms with E-state index in [1.165, 1.54) is 0 Å². The van der Waals surface area contributed by atoms with Gasteiger partial charge in [0.05, 0.1) is 0 Å². The standard InChI is InChI=1S/C22H26BrN3O2/c1-21(2,3)12-22(4,5)25-20-19(24-18-9-7-15(23)11-26(18)20)14-6-8-16-17(10-14)28-13-27-16/h6-11,25H,12-13H2,1-5H3. The number of nitrogens with one attached hydrogen (secondary N) is 1. The van der Waals surface area contributed by atoms with E-state index in [2.05, 4.69) is 60.3 Å². The number of aromatic nitrogens is 2. The molecule has 148 valence electrons. The van der Waals surface area contributed by atoms with E-state index in [1.807, 2.05) is 36.5 Å². The quantitative estimate of drug-likeness (QED) is 0.527. The van der Waals surface area contributed by atoms with E-state index in [0.29, 0.717) is 0 Å². The van der Waals surface area contributed by atoms with Crippen LogP contribution in [0.1, 0.15) is 41.0 Å². The van der Waals surface area contributed by atoms with Crippen molar-refractivity contribution in [1.29, 1.82) is 0 Å². The highest BCUT2D eigenvalue weighted by Crippen LogP contribution is 2.39. The summed E-state index contributed by atoms with van der Waals surface area (Å²) in [6, 6.07) is 10.0. The van der Waals surface area contributed by atoms with Crippen LogP contribution in [0.2, 0.25) is 0 Å². The summed E-state index contributed by atoms with van der Waals surface area (Å²) in [5.74, 6) is 2.51. The molecular weight excluding hydrogens is 418 g/mol.